The van der Waals surface area contributed by atoms with Gasteiger partial charge in [0.25, 0.3) is 0 Å². The van der Waals surface area contributed by atoms with Gasteiger partial charge in [0.1, 0.15) is 0 Å². The van der Waals surface area contributed by atoms with Gasteiger partial charge < -0.3 is 10.6 Å². The number of carbonyl (C=O) groups is 1. The smallest absolute Gasteiger partial charge is 0.222 e. The fourth-order valence-corrected chi connectivity index (χ4v) is 1.59. The molecule has 17 heavy (non-hydrogen) atoms. The van der Waals surface area contributed by atoms with Crippen LogP contribution in [-0.4, -0.2) is 28.9 Å². The highest BCUT2D eigenvalue weighted by Crippen LogP contribution is 2.05. The topological polar surface area (TPSA) is 59.2 Å². The first-order valence-electron chi connectivity index (χ1n) is 5.99. The fourth-order valence-electron chi connectivity index (χ4n) is 1.59. The van der Waals surface area contributed by atoms with Crippen LogP contribution in [0.3, 0.4) is 0 Å². The molecule has 94 valence electrons. The van der Waals surface area contributed by atoms with Crippen LogP contribution in [0, 0.1) is 0 Å². The molecule has 0 saturated heterocycles. The molecule has 2 N–H and O–H groups in total. The van der Waals surface area contributed by atoms with Crippen molar-refractivity contribution >= 4 is 5.91 Å². The van der Waals surface area contributed by atoms with Gasteiger partial charge in [-0.05, 0) is 31.9 Å². The van der Waals surface area contributed by atoms with Crippen molar-refractivity contribution in [3.05, 3.63) is 30.1 Å². The van der Waals surface area contributed by atoms with Crippen LogP contribution in [0.2, 0.25) is 0 Å². The molecule has 0 fully saturated rings. The van der Waals surface area contributed by atoms with E-state index in [4.69, 9.17) is 5.73 Å². The van der Waals surface area contributed by atoms with Crippen molar-refractivity contribution in [2.24, 2.45) is 5.73 Å². The van der Waals surface area contributed by atoms with Crippen LogP contribution in [0.1, 0.15) is 31.9 Å². The minimum atomic E-state index is 0.149. The maximum atomic E-state index is 11.8. The van der Waals surface area contributed by atoms with E-state index in [0.29, 0.717) is 13.0 Å². The van der Waals surface area contributed by atoms with Crippen LogP contribution >= 0.6 is 0 Å². The lowest BCUT2D eigenvalue weighted by Crippen LogP contribution is -2.26. The summed E-state index contributed by atoms with van der Waals surface area (Å²) < 4.78 is 0. The highest BCUT2D eigenvalue weighted by atomic mass is 16.2. The Balaban J connectivity index is 2.32. The largest absolute Gasteiger partial charge is 0.340 e. The van der Waals surface area contributed by atoms with Crippen molar-refractivity contribution in [3.63, 3.8) is 0 Å². The van der Waals surface area contributed by atoms with Crippen LogP contribution in [0.15, 0.2) is 24.4 Å². The second-order valence-corrected chi connectivity index (χ2v) is 4.44. The monoisotopic (exact) mass is 235 g/mol. The molecule has 1 heterocycles. The molecule has 0 aliphatic heterocycles. The molecule has 1 aromatic rings. The summed E-state index contributed by atoms with van der Waals surface area (Å²) in [5.74, 6) is 0.149. The predicted octanol–water partition coefficient (Wildman–Crippen LogP) is 1.56. The summed E-state index contributed by atoms with van der Waals surface area (Å²) in [5.41, 5.74) is 6.56. The van der Waals surface area contributed by atoms with Gasteiger partial charge in [-0.15, -0.1) is 0 Å². The number of rotatable bonds is 6. The Morgan fingerprint density at radius 1 is 1.53 bits per heavy atom. The average molecular weight is 235 g/mol. The Labute approximate surface area is 103 Å². The molecule has 0 aliphatic carbocycles. The molecule has 1 amide bonds. The van der Waals surface area contributed by atoms with Gasteiger partial charge in [0.05, 0.1) is 12.2 Å². The van der Waals surface area contributed by atoms with Crippen LogP contribution in [0.4, 0.5) is 0 Å². The van der Waals surface area contributed by atoms with E-state index in [-0.39, 0.29) is 11.9 Å². The van der Waals surface area contributed by atoms with E-state index in [1.54, 1.807) is 11.1 Å². The molecule has 0 saturated carbocycles. The molecule has 1 atom stereocenters. The van der Waals surface area contributed by atoms with Crippen molar-refractivity contribution in [1.29, 1.82) is 0 Å². The van der Waals surface area contributed by atoms with Gasteiger partial charge in [0, 0.05) is 25.7 Å². The van der Waals surface area contributed by atoms with E-state index in [1.807, 2.05) is 32.2 Å². The van der Waals surface area contributed by atoms with Crippen molar-refractivity contribution < 1.29 is 4.79 Å². The molecular formula is C13H21N3O. The van der Waals surface area contributed by atoms with Gasteiger partial charge in [-0.3, -0.25) is 9.78 Å². The lowest BCUT2D eigenvalue weighted by molar-refractivity contribution is -0.130. The van der Waals surface area contributed by atoms with E-state index < -0.39 is 0 Å². The molecule has 0 radical (unpaired) electrons. The molecule has 0 spiro atoms. The maximum absolute atomic E-state index is 11.8. The van der Waals surface area contributed by atoms with Crippen LogP contribution < -0.4 is 5.73 Å². The van der Waals surface area contributed by atoms with Crippen molar-refractivity contribution in [1.82, 2.24) is 9.88 Å². The first kappa shape index (κ1) is 13.6. The predicted molar refractivity (Wildman–Crippen MR) is 68.2 cm³/mol. The Morgan fingerprint density at radius 3 is 2.88 bits per heavy atom. The van der Waals surface area contributed by atoms with Crippen LogP contribution in [0.25, 0.3) is 0 Å². The third kappa shape index (κ3) is 5.45. The first-order chi connectivity index (χ1) is 8.09. The zero-order valence-electron chi connectivity index (χ0n) is 10.6. The van der Waals surface area contributed by atoms with Crippen LogP contribution in [0.5, 0.6) is 0 Å². The summed E-state index contributed by atoms with van der Waals surface area (Å²) >= 11 is 0. The number of nitrogens with zero attached hydrogens (tertiary/aromatic N) is 2. The Hall–Kier alpha value is -1.42. The van der Waals surface area contributed by atoms with Gasteiger partial charge in [-0.1, -0.05) is 6.07 Å². The summed E-state index contributed by atoms with van der Waals surface area (Å²) in [7, 11) is 1.81. The zero-order chi connectivity index (χ0) is 12.7. The summed E-state index contributed by atoms with van der Waals surface area (Å²) in [6, 6.07) is 5.89. The highest BCUT2D eigenvalue weighted by Gasteiger charge is 2.09. The van der Waals surface area contributed by atoms with Crippen molar-refractivity contribution in [2.45, 2.75) is 38.8 Å². The number of carbonyl (C=O) groups excluding carboxylic acids is 1. The molecule has 0 bridgehead atoms. The van der Waals surface area contributed by atoms with E-state index in [2.05, 4.69) is 4.98 Å². The third-order valence-electron chi connectivity index (χ3n) is 2.60. The van der Waals surface area contributed by atoms with Crippen LogP contribution in [-0.2, 0) is 11.3 Å². The third-order valence-corrected chi connectivity index (χ3v) is 2.60. The average Bonchev–Trinajstić information content (AvgIpc) is 2.29. The van der Waals surface area contributed by atoms with Crippen molar-refractivity contribution in [2.75, 3.05) is 7.05 Å². The molecule has 1 aromatic heterocycles. The number of pyridine rings is 1. The number of hydrogen-bond donors (Lipinski definition) is 1. The number of aromatic nitrogens is 1. The number of amides is 1. The maximum Gasteiger partial charge on any atom is 0.222 e. The standard InChI is InChI=1S/C13H21N3O/c1-11(14)6-5-8-13(17)16(2)10-12-7-3-4-9-15-12/h3-4,7,9,11H,5-6,8,10,14H2,1-2H3. The minimum absolute atomic E-state index is 0.149. The summed E-state index contributed by atoms with van der Waals surface area (Å²) in [6.45, 7) is 2.53. The second-order valence-electron chi connectivity index (χ2n) is 4.44. The summed E-state index contributed by atoms with van der Waals surface area (Å²) in [4.78, 5) is 17.7. The van der Waals surface area contributed by atoms with E-state index >= 15 is 0 Å². The normalized spacial score (nSPS) is 12.2. The van der Waals surface area contributed by atoms with Gasteiger partial charge in [0.2, 0.25) is 5.91 Å². The Bertz CT molecular complexity index is 338. The van der Waals surface area contributed by atoms with Crippen molar-refractivity contribution in [3.8, 4) is 0 Å². The quantitative estimate of drug-likeness (QED) is 0.814. The SMILES string of the molecule is CC(N)CCCC(=O)N(C)Cc1ccccn1. The Morgan fingerprint density at radius 2 is 2.29 bits per heavy atom. The van der Waals surface area contributed by atoms with Gasteiger partial charge in [-0.2, -0.15) is 0 Å². The fraction of sp³-hybridized carbons (Fsp3) is 0.538. The summed E-state index contributed by atoms with van der Waals surface area (Å²) in [5, 5.41) is 0. The lowest BCUT2D eigenvalue weighted by Gasteiger charge is -2.16. The highest BCUT2D eigenvalue weighted by molar-refractivity contribution is 5.75. The molecule has 1 rings (SSSR count). The zero-order valence-corrected chi connectivity index (χ0v) is 10.6. The van der Waals surface area contributed by atoms with Gasteiger partial charge in [-0.25, -0.2) is 0 Å². The van der Waals surface area contributed by atoms with Gasteiger partial charge in [0.15, 0.2) is 0 Å². The molecule has 0 aromatic carbocycles. The lowest BCUT2D eigenvalue weighted by atomic mass is 10.1. The number of hydrogen-bond acceptors (Lipinski definition) is 3. The molecule has 0 aliphatic rings. The second kappa shape index (κ2) is 7.01. The van der Waals surface area contributed by atoms with E-state index in [9.17, 15) is 4.79 Å². The molecular weight excluding hydrogens is 214 g/mol. The molecule has 4 heteroatoms. The number of nitrogens with two attached hydrogens (primary N) is 1. The van der Waals surface area contributed by atoms with Gasteiger partial charge >= 0.3 is 0 Å². The molecule has 4 nitrogen and oxygen atoms in total. The van der Waals surface area contributed by atoms with E-state index in [1.165, 1.54) is 0 Å². The van der Waals surface area contributed by atoms with E-state index in [0.717, 1.165) is 18.5 Å². The molecule has 1 unspecified atom stereocenters. The first-order valence-corrected chi connectivity index (χ1v) is 5.99. The minimum Gasteiger partial charge on any atom is -0.340 e. The summed E-state index contributed by atoms with van der Waals surface area (Å²) in [6.07, 6.45) is 4.04. The Kier molecular flexibility index (Phi) is 5.63.